The number of phenols is 1. The smallest absolute Gasteiger partial charge is 0.508 e. The van der Waals surface area contributed by atoms with Gasteiger partial charge in [0.05, 0.1) is 34.5 Å². The Morgan fingerprint density at radius 1 is 0.830 bits per heavy atom. The number of alkyl halides is 3. The lowest BCUT2D eigenvalue weighted by Gasteiger charge is -2.50. The fourth-order valence-electron chi connectivity index (χ4n) is 9.06. The van der Waals surface area contributed by atoms with Gasteiger partial charge in [0.25, 0.3) is 0 Å². The van der Waals surface area contributed by atoms with Crippen molar-refractivity contribution in [3.05, 3.63) is 137 Å². The van der Waals surface area contributed by atoms with E-state index >= 15 is 4.79 Å². The van der Waals surface area contributed by atoms with Gasteiger partial charge in [0.2, 0.25) is 23.6 Å². The van der Waals surface area contributed by atoms with E-state index in [1.165, 1.54) is 6.07 Å². The molecule has 8 rings (SSSR count). The molecule has 0 bridgehead atoms. The van der Waals surface area contributed by atoms with Crippen molar-refractivity contribution >= 4 is 52.7 Å². The van der Waals surface area contributed by atoms with Crippen LogP contribution >= 0.6 is 11.6 Å². The number of halogens is 4. The molecule has 4 aliphatic rings. The average molecular weight is 739 g/mol. The van der Waals surface area contributed by atoms with E-state index in [1.54, 1.807) is 84.9 Å². The number of phenolic OH excluding ortho intramolecular Hbond substituents is 1. The number of ether oxygens (including phenoxy) is 1. The van der Waals surface area contributed by atoms with E-state index in [0.717, 1.165) is 33.6 Å². The van der Waals surface area contributed by atoms with E-state index in [9.17, 15) is 32.7 Å². The van der Waals surface area contributed by atoms with Crippen LogP contribution in [0.2, 0.25) is 5.02 Å². The number of carbonyl (C=O) groups excluding carboxylic acids is 4. The number of carbonyl (C=O) groups is 4. The van der Waals surface area contributed by atoms with E-state index in [4.69, 9.17) is 11.6 Å². The van der Waals surface area contributed by atoms with Crippen LogP contribution in [0, 0.1) is 23.7 Å². The van der Waals surface area contributed by atoms with Crippen LogP contribution in [0.25, 0.3) is 6.08 Å². The molecule has 2 aliphatic heterocycles. The maximum Gasteiger partial charge on any atom is 0.573 e. The molecule has 3 fully saturated rings. The zero-order valence-corrected chi connectivity index (χ0v) is 28.6. The molecule has 8 nitrogen and oxygen atoms in total. The summed E-state index contributed by atoms with van der Waals surface area (Å²) in [5.41, 5.74) is 0.274. The summed E-state index contributed by atoms with van der Waals surface area (Å²) in [7, 11) is 0. The summed E-state index contributed by atoms with van der Waals surface area (Å²) in [5.74, 6) is -8.30. The largest absolute Gasteiger partial charge is 0.573 e. The SMILES string of the molecule is C=Cc1ccc(N2C(=O)C3CC=C4C(CC5C(=O)N(c6cccc(Cl)c6)C(=O)C5(c5ccccc5)C4c4cc(OC(F)(F)F)ccc4O)C3C2=O)cc1. The van der Waals surface area contributed by atoms with Crippen molar-refractivity contribution in [2.75, 3.05) is 9.80 Å². The number of imide groups is 2. The second-order valence-corrected chi connectivity index (χ2v) is 14.1. The van der Waals surface area contributed by atoms with Crippen LogP contribution in [0.15, 0.2) is 115 Å². The molecule has 6 atom stereocenters. The molecule has 2 aliphatic carbocycles. The summed E-state index contributed by atoms with van der Waals surface area (Å²) in [4.78, 5) is 60.8. The Morgan fingerprint density at radius 3 is 2.25 bits per heavy atom. The second-order valence-electron chi connectivity index (χ2n) is 13.7. The van der Waals surface area contributed by atoms with Crippen molar-refractivity contribution in [3.8, 4) is 11.5 Å². The number of nitrogens with zero attached hydrogens (tertiary/aromatic N) is 2. The molecule has 2 saturated heterocycles. The summed E-state index contributed by atoms with van der Waals surface area (Å²) < 4.78 is 45.0. The first-order valence-corrected chi connectivity index (χ1v) is 17.3. The number of hydrogen-bond acceptors (Lipinski definition) is 6. The molecular formula is C41H30ClF3N2O6. The van der Waals surface area contributed by atoms with Crippen molar-refractivity contribution < 1.29 is 42.2 Å². The minimum atomic E-state index is -5.08. The predicted octanol–water partition coefficient (Wildman–Crippen LogP) is 7.95. The Morgan fingerprint density at radius 2 is 1.57 bits per heavy atom. The first-order valence-electron chi connectivity index (χ1n) is 16.9. The van der Waals surface area contributed by atoms with Crippen molar-refractivity contribution in [2.24, 2.45) is 23.7 Å². The zero-order valence-electron chi connectivity index (χ0n) is 27.8. The molecule has 53 heavy (non-hydrogen) atoms. The number of amides is 4. The molecule has 4 aromatic rings. The van der Waals surface area contributed by atoms with Gasteiger partial charge in [0.1, 0.15) is 11.5 Å². The number of anilines is 2. The topological polar surface area (TPSA) is 104 Å². The van der Waals surface area contributed by atoms with Gasteiger partial charge in [-0.05, 0) is 78.4 Å². The number of benzene rings is 4. The quantitative estimate of drug-likeness (QED) is 0.159. The molecule has 1 N–H and O–H groups in total. The summed E-state index contributed by atoms with van der Waals surface area (Å²) >= 11 is 6.33. The van der Waals surface area contributed by atoms with Gasteiger partial charge in [-0.15, -0.1) is 13.2 Å². The highest BCUT2D eigenvalue weighted by atomic mass is 35.5. The zero-order chi connectivity index (χ0) is 37.4. The average Bonchev–Trinajstić information content (AvgIpc) is 3.53. The summed E-state index contributed by atoms with van der Waals surface area (Å²) in [6, 6.07) is 24.4. The number of aromatic hydroxyl groups is 1. The lowest BCUT2D eigenvalue weighted by atomic mass is 9.49. The van der Waals surface area contributed by atoms with Gasteiger partial charge in [-0.1, -0.05) is 84.4 Å². The van der Waals surface area contributed by atoms with Crippen LogP contribution in [0.3, 0.4) is 0 Å². The summed E-state index contributed by atoms with van der Waals surface area (Å²) in [6.45, 7) is 3.75. The maximum atomic E-state index is 15.3. The van der Waals surface area contributed by atoms with E-state index < -0.39 is 76.5 Å². The normalized spacial score (nSPS) is 26.6. The Kier molecular flexibility index (Phi) is 8.10. The Labute approximate surface area is 306 Å². The van der Waals surface area contributed by atoms with E-state index in [1.807, 2.05) is 0 Å². The van der Waals surface area contributed by atoms with Crippen LogP contribution in [0.1, 0.15) is 35.4 Å². The van der Waals surface area contributed by atoms with Crippen LogP contribution in [-0.4, -0.2) is 35.1 Å². The molecule has 0 aromatic heterocycles. The van der Waals surface area contributed by atoms with Gasteiger partial charge in [-0.2, -0.15) is 0 Å². The van der Waals surface area contributed by atoms with Gasteiger partial charge in [0, 0.05) is 16.5 Å². The molecule has 2 heterocycles. The van der Waals surface area contributed by atoms with Crippen molar-refractivity contribution in [1.29, 1.82) is 0 Å². The maximum absolute atomic E-state index is 15.3. The molecule has 0 spiro atoms. The third-order valence-electron chi connectivity index (χ3n) is 11.1. The Hall–Kier alpha value is -5.68. The molecule has 268 valence electrons. The summed E-state index contributed by atoms with van der Waals surface area (Å²) in [6.07, 6.45) is -1.66. The third kappa shape index (κ3) is 5.28. The fraction of sp³-hybridized carbons (Fsp3) is 0.220. The van der Waals surface area contributed by atoms with Gasteiger partial charge in [0.15, 0.2) is 0 Å². The highest BCUT2D eigenvalue weighted by Crippen LogP contribution is 2.65. The number of hydrogen-bond donors (Lipinski definition) is 1. The lowest BCUT2D eigenvalue weighted by molar-refractivity contribution is -0.274. The standard InChI is InChI=1S/C41H30ClF3N2O6/c1-2-22-11-13-25(14-12-22)46-36(49)29-17-16-28-30(34(29)38(46)51)21-32-37(50)47(26-10-6-9-24(42)19-26)39(52)40(32,23-7-4-3-5-8-23)35(28)31-20-27(15-18-33(31)48)53-41(43,44)45/h2-16,18-20,29-30,32,34-35,48H,1,17,21H2. The number of fused-ring (bicyclic) bond motifs is 4. The second kappa shape index (κ2) is 12.5. The predicted molar refractivity (Wildman–Crippen MR) is 190 cm³/mol. The Balaban J connectivity index is 1.36. The molecule has 0 radical (unpaired) electrons. The minimum Gasteiger partial charge on any atom is -0.508 e. The van der Waals surface area contributed by atoms with Gasteiger partial charge in [-0.3, -0.25) is 24.1 Å². The van der Waals surface area contributed by atoms with Gasteiger partial charge in [-0.25, -0.2) is 4.90 Å². The molecule has 4 amide bonds. The molecule has 1 saturated carbocycles. The van der Waals surface area contributed by atoms with Gasteiger partial charge < -0.3 is 9.84 Å². The van der Waals surface area contributed by atoms with E-state index in [0.29, 0.717) is 16.8 Å². The molecule has 6 unspecified atom stereocenters. The molecular weight excluding hydrogens is 709 g/mol. The van der Waals surface area contributed by atoms with Crippen LogP contribution in [-0.2, 0) is 24.6 Å². The first kappa shape index (κ1) is 34.4. The first-order chi connectivity index (χ1) is 25.3. The number of allylic oxidation sites excluding steroid dienone is 2. The Bertz CT molecular complexity index is 2240. The molecule has 4 aromatic carbocycles. The van der Waals surface area contributed by atoms with Crippen LogP contribution in [0.4, 0.5) is 24.5 Å². The van der Waals surface area contributed by atoms with Crippen molar-refractivity contribution in [2.45, 2.75) is 30.5 Å². The molecule has 12 heteroatoms. The lowest BCUT2D eigenvalue weighted by Crippen LogP contribution is -2.53. The highest BCUT2D eigenvalue weighted by molar-refractivity contribution is 6.32. The van der Waals surface area contributed by atoms with Crippen LogP contribution < -0.4 is 14.5 Å². The monoisotopic (exact) mass is 738 g/mol. The third-order valence-corrected chi connectivity index (χ3v) is 11.3. The van der Waals surface area contributed by atoms with E-state index in [2.05, 4.69) is 11.3 Å². The summed E-state index contributed by atoms with van der Waals surface area (Å²) in [5, 5.41) is 11.8. The van der Waals surface area contributed by atoms with E-state index in [-0.39, 0.29) is 29.1 Å². The van der Waals surface area contributed by atoms with Crippen molar-refractivity contribution in [3.63, 3.8) is 0 Å². The van der Waals surface area contributed by atoms with Crippen molar-refractivity contribution in [1.82, 2.24) is 0 Å². The van der Waals surface area contributed by atoms with Gasteiger partial charge >= 0.3 is 6.36 Å². The number of rotatable bonds is 6. The fourth-order valence-corrected chi connectivity index (χ4v) is 9.25. The van der Waals surface area contributed by atoms with Crippen LogP contribution in [0.5, 0.6) is 11.5 Å². The minimum absolute atomic E-state index is 0.0399. The highest BCUT2D eigenvalue weighted by Gasteiger charge is 2.70.